The van der Waals surface area contributed by atoms with Gasteiger partial charge < -0.3 is 10.6 Å². The fourth-order valence-corrected chi connectivity index (χ4v) is 3.34. The number of fused-ring (bicyclic) bond motifs is 1. The predicted octanol–water partition coefficient (Wildman–Crippen LogP) is 3.86. The van der Waals surface area contributed by atoms with Crippen LogP contribution in [0.5, 0.6) is 0 Å². The van der Waals surface area contributed by atoms with Gasteiger partial charge in [-0.2, -0.15) is 0 Å². The van der Waals surface area contributed by atoms with E-state index in [1.54, 1.807) is 0 Å². The van der Waals surface area contributed by atoms with E-state index in [1.165, 1.54) is 35.2 Å². The van der Waals surface area contributed by atoms with Crippen LogP contribution in [0.15, 0.2) is 46.9 Å². The highest BCUT2D eigenvalue weighted by Crippen LogP contribution is 2.28. The smallest absolute Gasteiger partial charge is 0.0432 e. The van der Waals surface area contributed by atoms with Gasteiger partial charge in [-0.3, -0.25) is 0 Å². The molecule has 0 amide bonds. The highest BCUT2D eigenvalue weighted by molar-refractivity contribution is 9.10. The van der Waals surface area contributed by atoms with Crippen molar-refractivity contribution in [1.82, 2.24) is 0 Å². The molecule has 0 unspecified atom stereocenters. The zero-order valence-electron chi connectivity index (χ0n) is 11.5. The second kappa shape index (κ2) is 5.98. The normalized spacial score (nSPS) is 14.8. The first-order valence-corrected chi connectivity index (χ1v) is 7.87. The molecule has 104 valence electrons. The number of nitrogens with two attached hydrogens (primary N) is 1. The van der Waals surface area contributed by atoms with Crippen LogP contribution in [0.1, 0.15) is 23.1 Å². The van der Waals surface area contributed by atoms with Crippen LogP contribution in [-0.4, -0.2) is 6.54 Å². The zero-order chi connectivity index (χ0) is 13.9. The number of hydrogen-bond donors (Lipinski definition) is 1. The molecule has 3 heteroatoms. The first kappa shape index (κ1) is 13.7. The molecule has 3 rings (SSSR count). The monoisotopic (exact) mass is 330 g/mol. The van der Waals surface area contributed by atoms with Crippen molar-refractivity contribution < 1.29 is 0 Å². The maximum absolute atomic E-state index is 5.91. The molecule has 0 fully saturated rings. The van der Waals surface area contributed by atoms with Gasteiger partial charge in [0, 0.05) is 29.8 Å². The van der Waals surface area contributed by atoms with E-state index in [-0.39, 0.29) is 0 Å². The minimum atomic E-state index is 0.576. The van der Waals surface area contributed by atoms with Gasteiger partial charge in [0.15, 0.2) is 0 Å². The van der Waals surface area contributed by atoms with E-state index in [2.05, 4.69) is 63.3 Å². The molecule has 2 nitrogen and oxygen atoms in total. The lowest BCUT2D eigenvalue weighted by Gasteiger charge is -2.26. The van der Waals surface area contributed by atoms with Gasteiger partial charge in [-0.05, 0) is 47.7 Å². The third-order valence-corrected chi connectivity index (χ3v) is 4.45. The number of rotatable bonds is 2. The maximum Gasteiger partial charge on any atom is 0.0432 e. The summed E-state index contributed by atoms with van der Waals surface area (Å²) in [5.74, 6) is 0. The average Bonchev–Trinajstić information content (AvgIpc) is 2.69. The van der Waals surface area contributed by atoms with Crippen molar-refractivity contribution in [2.45, 2.75) is 25.9 Å². The quantitative estimate of drug-likeness (QED) is 0.905. The lowest BCUT2D eigenvalue weighted by molar-refractivity contribution is 0.760. The van der Waals surface area contributed by atoms with Crippen LogP contribution in [0.25, 0.3) is 0 Å². The maximum atomic E-state index is 5.91. The minimum absolute atomic E-state index is 0.576. The third kappa shape index (κ3) is 2.74. The van der Waals surface area contributed by atoms with Gasteiger partial charge in [-0.15, -0.1) is 0 Å². The summed E-state index contributed by atoms with van der Waals surface area (Å²) >= 11 is 3.53. The molecular weight excluding hydrogens is 312 g/mol. The van der Waals surface area contributed by atoms with Crippen molar-refractivity contribution in [3.8, 4) is 0 Å². The van der Waals surface area contributed by atoms with E-state index < -0.39 is 0 Å². The van der Waals surface area contributed by atoms with Crippen LogP contribution >= 0.6 is 15.9 Å². The van der Waals surface area contributed by atoms with Crippen molar-refractivity contribution >= 4 is 21.6 Å². The van der Waals surface area contributed by atoms with Gasteiger partial charge in [0.25, 0.3) is 0 Å². The molecule has 2 aromatic rings. The number of anilines is 1. The second-order valence-electron chi connectivity index (χ2n) is 5.27. The lowest BCUT2D eigenvalue weighted by Crippen LogP contribution is -2.24. The molecular formula is C17H19BrN2. The Kier molecular flexibility index (Phi) is 4.08. The van der Waals surface area contributed by atoms with E-state index in [0.29, 0.717) is 6.54 Å². The van der Waals surface area contributed by atoms with Crippen molar-refractivity contribution in [3.63, 3.8) is 0 Å². The highest BCUT2D eigenvalue weighted by Gasteiger charge is 2.16. The van der Waals surface area contributed by atoms with Crippen LogP contribution in [-0.2, 0) is 19.5 Å². The lowest BCUT2D eigenvalue weighted by atomic mass is 10.0. The van der Waals surface area contributed by atoms with Crippen molar-refractivity contribution in [2.24, 2.45) is 5.73 Å². The largest absolute Gasteiger partial charge is 0.367 e. The Balaban J connectivity index is 1.95. The number of halogens is 1. The molecule has 20 heavy (non-hydrogen) atoms. The first-order chi connectivity index (χ1) is 9.78. The van der Waals surface area contributed by atoms with Crippen LogP contribution < -0.4 is 10.6 Å². The second-order valence-corrected chi connectivity index (χ2v) is 6.19. The Labute approximate surface area is 128 Å². The third-order valence-electron chi connectivity index (χ3n) is 3.96. The Morgan fingerprint density at radius 1 is 1.10 bits per heavy atom. The Morgan fingerprint density at radius 2 is 1.90 bits per heavy atom. The molecule has 0 aliphatic carbocycles. The van der Waals surface area contributed by atoms with Gasteiger partial charge in [0.05, 0.1) is 0 Å². The van der Waals surface area contributed by atoms with Crippen LogP contribution in [0.2, 0.25) is 0 Å². The topological polar surface area (TPSA) is 29.3 Å². The summed E-state index contributed by atoms with van der Waals surface area (Å²) in [6.45, 7) is 2.64. The summed E-state index contributed by atoms with van der Waals surface area (Å²) in [4.78, 5) is 2.46. The van der Waals surface area contributed by atoms with E-state index in [0.717, 1.165) is 17.6 Å². The number of benzene rings is 2. The molecule has 1 aliphatic heterocycles. The first-order valence-electron chi connectivity index (χ1n) is 7.08. The van der Waals surface area contributed by atoms with E-state index in [4.69, 9.17) is 5.73 Å². The Morgan fingerprint density at radius 3 is 2.70 bits per heavy atom. The standard InChI is InChI=1S/C17H19BrN2/c18-16-7-8-17(15(10-16)11-19)20-9-3-6-13-4-1-2-5-14(13)12-20/h1-2,4-5,7-8,10H,3,6,9,11-12,19H2. The molecule has 0 atom stereocenters. The number of hydrogen-bond acceptors (Lipinski definition) is 2. The molecule has 0 spiro atoms. The Hall–Kier alpha value is -1.32. The van der Waals surface area contributed by atoms with Gasteiger partial charge >= 0.3 is 0 Å². The van der Waals surface area contributed by atoms with Gasteiger partial charge in [-0.25, -0.2) is 0 Å². The number of nitrogens with zero attached hydrogens (tertiary/aromatic N) is 1. The van der Waals surface area contributed by atoms with Gasteiger partial charge in [0.1, 0.15) is 0 Å². The molecule has 2 aromatic carbocycles. The molecule has 0 saturated heterocycles. The van der Waals surface area contributed by atoms with Gasteiger partial charge in [-0.1, -0.05) is 40.2 Å². The molecule has 1 heterocycles. The number of aryl methyl sites for hydroxylation is 1. The Bertz CT molecular complexity index is 610. The van der Waals surface area contributed by atoms with Crippen molar-refractivity contribution in [1.29, 1.82) is 0 Å². The summed E-state index contributed by atoms with van der Waals surface area (Å²) in [5.41, 5.74) is 11.3. The fraction of sp³-hybridized carbons (Fsp3) is 0.294. The average molecular weight is 331 g/mol. The minimum Gasteiger partial charge on any atom is -0.367 e. The van der Waals surface area contributed by atoms with Gasteiger partial charge in [0.2, 0.25) is 0 Å². The highest BCUT2D eigenvalue weighted by atomic mass is 79.9. The van der Waals surface area contributed by atoms with E-state index >= 15 is 0 Å². The molecule has 0 radical (unpaired) electrons. The zero-order valence-corrected chi connectivity index (χ0v) is 13.1. The predicted molar refractivity (Wildman–Crippen MR) is 87.8 cm³/mol. The fourth-order valence-electron chi connectivity index (χ4n) is 2.93. The summed E-state index contributed by atoms with van der Waals surface area (Å²) in [6.07, 6.45) is 2.36. The van der Waals surface area contributed by atoms with Crippen molar-refractivity contribution in [2.75, 3.05) is 11.4 Å². The summed E-state index contributed by atoms with van der Waals surface area (Å²) in [6, 6.07) is 15.2. The van der Waals surface area contributed by atoms with Crippen LogP contribution in [0.4, 0.5) is 5.69 Å². The molecule has 0 saturated carbocycles. The van der Waals surface area contributed by atoms with Crippen LogP contribution in [0, 0.1) is 0 Å². The molecule has 2 N–H and O–H groups in total. The summed E-state index contributed by atoms with van der Waals surface area (Å²) in [5, 5.41) is 0. The molecule has 1 aliphatic rings. The molecule has 0 aromatic heterocycles. The summed E-state index contributed by atoms with van der Waals surface area (Å²) in [7, 11) is 0. The van der Waals surface area contributed by atoms with E-state index in [1.807, 2.05) is 0 Å². The molecule has 0 bridgehead atoms. The summed E-state index contributed by atoms with van der Waals surface area (Å²) < 4.78 is 1.09. The van der Waals surface area contributed by atoms with E-state index in [9.17, 15) is 0 Å². The SMILES string of the molecule is NCc1cc(Br)ccc1N1CCCc2ccccc2C1. The van der Waals surface area contributed by atoms with Crippen LogP contribution in [0.3, 0.4) is 0 Å². The van der Waals surface area contributed by atoms with Crippen molar-refractivity contribution in [3.05, 3.63) is 63.6 Å².